The molecule has 9 nitrogen and oxygen atoms in total. The van der Waals surface area contributed by atoms with E-state index in [1.54, 1.807) is 14.1 Å². The molecule has 2 bridgehead atoms. The zero-order valence-corrected chi connectivity index (χ0v) is 21.7. The molecule has 2 aromatic rings. The van der Waals surface area contributed by atoms with Crippen LogP contribution in [0, 0.1) is 6.92 Å². The maximum absolute atomic E-state index is 12.5. The standard InChI is InChI=1S/C27H39N7O2/c1-19-30-24-18-31(26(35)28-2)15-12-25(24)34(19)23-16-21-10-11-22(17-23)32(21)13-7-14-33(27(36)29-3)20-8-5-4-6-9-20/h4-6,8-9,21-23H,7,10-18H2,1-3H3,(H,28,35)(H,29,36)/t21-,22?,23?/m1/s1. The van der Waals surface area contributed by atoms with Gasteiger partial charge in [0.15, 0.2) is 0 Å². The summed E-state index contributed by atoms with van der Waals surface area (Å²) in [5, 5.41) is 5.52. The largest absolute Gasteiger partial charge is 0.341 e. The lowest BCUT2D eigenvalue weighted by molar-refractivity contribution is 0.104. The van der Waals surface area contributed by atoms with Crippen LogP contribution >= 0.6 is 0 Å². The Kier molecular flexibility index (Phi) is 7.18. The van der Waals surface area contributed by atoms with E-state index in [0.29, 0.717) is 31.2 Å². The number of amides is 4. The van der Waals surface area contributed by atoms with Gasteiger partial charge in [0.05, 0.1) is 12.2 Å². The van der Waals surface area contributed by atoms with Crippen molar-refractivity contribution in [2.24, 2.45) is 0 Å². The number of urea groups is 2. The summed E-state index contributed by atoms with van der Waals surface area (Å²) < 4.78 is 2.50. The van der Waals surface area contributed by atoms with Crippen molar-refractivity contribution in [3.8, 4) is 0 Å². The Morgan fingerprint density at radius 1 is 1.06 bits per heavy atom. The van der Waals surface area contributed by atoms with E-state index < -0.39 is 0 Å². The van der Waals surface area contributed by atoms with Gasteiger partial charge in [-0.2, -0.15) is 0 Å². The highest BCUT2D eigenvalue weighted by atomic mass is 16.2. The molecule has 4 heterocycles. The second-order valence-corrected chi connectivity index (χ2v) is 10.3. The fourth-order valence-corrected chi connectivity index (χ4v) is 6.68. The quantitative estimate of drug-likeness (QED) is 0.647. The molecule has 3 aliphatic heterocycles. The Hall–Kier alpha value is -3.07. The Morgan fingerprint density at radius 2 is 1.78 bits per heavy atom. The van der Waals surface area contributed by atoms with Crippen molar-refractivity contribution in [2.75, 3.05) is 38.6 Å². The Bertz CT molecular complexity index is 1070. The topological polar surface area (TPSA) is 85.7 Å². The molecule has 0 radical (unpaired) electrons. The third-order valence-corrected chi connectivity index (χ3v) is 8.28. The highest BCUT2D eigenvalue weighted by Crippen LogP contribution is 2.42. The minimum Gasteiger partial charge on any atom is -0.341 e. The van der Waals surface area contributed by atoms with Gasteiger partial charge in [-0.3, -0.25) is 9.80 Å². The molecule has 2 saturated heterocycles. The molecule has 2 unspecified atom stereocenters. The number of hydrogen-bond acceptors (Lipinski definition) is 4. The monoisotopic (exact) mass is 493 g/mol. The molecule has 1 aromatic carbocycles. The molecule has 2 N–H and O–H groups in total. The van der Waals surface area contributed by atoms with Gasteiger partial charge < -0.3 is 20.1 Å². The molecule has 194 valence electrons. The van der Waals surface area contributed by atoms with Crippen molar-refractivity contribution in [2.45, 2.75) is 70.1 Å². The number of fused-ring (bicyclic) bond motifs is 3. The van der Waals surface area contributed by atoms with Crippen LogP contribution < -0.4 is 15.5 Å². The summed E-state index contributed by atoms with van der Waals surface area (Å²) in [6, 6.07) is 11.5. The van der Waals surface area contributed by atoms with Gasteiger partial charge in [-0.05, 0) is 51.2 Å². The number of para-hydroxylation sites is 1. The number of piperidine rings is 1. The molecule has 1 aromatic heterocycles. The highest BCUT2D eigenvalue weighted by molar-refractivity contribution is 5.91. The predicted molar refractivity (Wildman–Crippen MR) is 140 cm³/mol. The van der Waals surface area contributed by atoms with Crippen molar-refractivity contribution in [3.05, 3.63) is 47.5 Å². The highest BCUT2D eigenvalue weighted by Gasteiger charge is 2.42. The van der Waals surface area contributed by atoms with Gasteiger partial charge >= 0.3 is 12.1 Å². The van der Waals surface area contributed by atoms with E-state index >= 15 is 0 Å². The van der Waals surface area contributed by atoms with E-state index in [2.05, 4.69) is 27.0 Å². The van der Waals surface area contributed by atoms with Crippen LogP contribution in [0.1, 0.15) is 55.4 Å². The van der Waals surface area contributed by atoms with E-state index in [4.69, 9.17) is 4.98 Å². The van der Waals surface area contributed by atoms with Crippen molar-refractivity contribution >= 4 is 17.7 Å². The number of nitrogens with zero attached hydrogens (tertiary/aromatic N) is 5. The molecule has 4 amide bonds. The number of hydrogen-bond donors (Lipinski definition) is 2. The van der Waals surface area contributed by atoms with E-state index in [0.717, 1.165) is 56.0 Å². The SMILES string of the molecule is CNC(=O)N1CCc2c(nc(C)n2C2CC3CC[C@H](C2)N3CCCN(C(=O)NC)c2ccccc2)C1. The van der Waals surface area contributed by atoms with Crippen LogP contribution in [0.5, 0.6) is 0 Å². The molecule has 2 fully saturated rings. The van der Waals surface area contributed by atoms with Crippen molar-refractivity contribution in [3.63, 3.8) is 0 Å². The van der Waals surface area contributed by atoms with E-state index in [1.165, 1.54) is 18.5 Å². The number of benzene rings is 1. The molecule has 0 aliphatic carbocycles. The summed E-state index contributed by atoms with van der Waals surface area (Å²) >= 11 is 0. The van der Waals surface area contributed by atoms with Crippen LogP contribution in [0.2, 0.25) is 0 Å². The first-order chi connectivity index (χ1) is 17.5. The number of aromatic nitrogens is 2. The van der Waals surface area contributed by atoms with Crippen molar-refractivity contribution < 1.29 is 9.59 Å². The molecule has 3 atom stereocenters. The molecular weight excluding hydrogens is 454 g/mol. The fraction of sp³-hybridized carbons (Fsp3) is 0.593. The van der Waals surface area contributed by atoms with Gasteiger partial charge in [-0.1, -0.05) is 18.2 Å². The average molecular weight is 494 g/mol. The number of carbonyl (C=O) groups is 2. The zero-order valence-electron chi connectivity index (χ0n) is 21.7. The predicted octanol–water partition coefficient (Wildman–Crippen LogP) is 3.29. The molecule has 9 heteroatoms. The minimum absolute atomic E-state index is 0.0264. The lowest BCUT2D eigenvalue weighted by Gasteiger charge is -2.41. The van der Waals surface area contributed by atoms with E-state index in [1.807, 2.05) is 40.1 Å². The molecular formula is C27H39N7O2. The summed E-state index contributed by atoms with van der Waals surface area (Å²) in [7, 11) is 3.37. The van der Waals surface area contributed by atoms with Gasteiger partial charge in [0.2, 0.25) is 0 Å². The minimum atomic E-state index is -0.0572. The third kappa shape index (κ3) is 4.68. The molecule has 3 aliphatic rings. The summed E-state index contributed by atoms with van der Waals surface area (Å²) in [6.07, 6.45) is 6.62. The lowest BCUT2D eigenvalue weighted by Crippen LogP contribution is -2.46. The number of nitrogens with one attached hydrogen (secondary N) is 2. The second-order valence-electron chi connectivity index (χ2n) is 10.3. The van der Waals surface area contributed by atoms with Gasteiger partial charge in [0.25, 0.3) is 0 Å². The summed E-state index contributed by atoms with van der Waals surface area (Å²) in [4.78, 5) is 35.9. The number of carbonyl (C=O) groups excluding carboxylic acids is 2. The van der Waals surface area contributed by atoms with Crippen LogP contribution in [0.25, 0.3) is 0 Å². The van der Waals surface area contributed by atoms with Gasteiger partial charge in [0.1, 0.15) is 5.82 Å². The van der Waals surface area contributed by atoms with E-state index in [-0.39, 0.29) is 12.1 Å². The van der Waals surface area contributed by atoms with Gasteiger partial charge in [-0.15, -0.1) is 0 Å². The molecule has 0 spiro atoms. The van der Waals surface area contributed by atoms with Crippen LogP contribution in [0.3, 0.4) is 0 Å². The first-order valence-corrected chi connectivity index (χ1v) is 13.3. The van der Waals surface area contributed by atoms with Crippen LogP contribution in [-0.2, 0) is 13.0 Å². The number of aryl methyl sites for hydroxylation is 1. The van der Waals surface area contributed by atoms with Gasteiger partial charge in [-0.25, -0.2) is 14.6 Å². The first kappa shape index (κ1) is 24.6. The zero-order chi connectivity index (χ0) is 25.2. The summed E-state index contributed by atoms with van der Waals surface area (Å²) in [5.41, 5.74) is 3.33. The Morgan fingerprint density at radius 3 is 2.44 bits per heavy atom. The lowest BCUT2D eigenvalue weighted by atomic mass is 9.95. The number of anilines is 1. The molecule has 5 rings (SSSR count). The van der Waals surface area contributed by atoms with Crippen molar-refractivity contribution in [1.29, 1.82) is 0 Å². The Balaban J connectivity index is 1.22. The molecule has 0 saturated carbocycles. The van der Waals surface area contributed by atoms with E-state index in [9.17, 15) is 9.59 Å². The first-order valence-electron chi connectivity index (χ1n) is 13.3. The number of rotatable bonds is 6. The second kappa shape index (κ2) is 10.5. The fourth-order valence-electron chi connectivity index (χ4n) is 6.68. The van der Waals surface area contributed by atoms with Crippen LogP contribution in [0.15, 0.2) is 30.3 Å². The maximum Gasteiger partial charge on any atom is 0.321 e. The normalized spacial score (nSPS) is 23.3. The third-order valence-electron chi connectivity index (χ3n) is 8.28. The van der Waals surface area contributed by atoms with Crippen LogP contribution in [0.4, 0.5) is 15.3 Å². The van der Waals surface area contributed by atoms with Crippen molar-refractivity contribution in [1.82, 2.24) is 30.0 Å². The summed E-state index contributed by atoms with van der Waals surface area (Å²) in [6.45, 7) is 5.18. The summed E-state index contributed by atoms with van der Waals surface area (Å²) in [5.74, 6) is 1.08. The maximum atomic E-state index is 12.5. The molecule has 36 heavy (non-hydrogen) atoms. The smallest absolute Gasteiger partial charge is 0.321 e. The Labute approximate surface area is 213 Å². The number of imidazole rings is 1. The average Bonchev–Trinajstić information content (AvgIpc) is 3.35. The van der Waals surface area contributed by atoms with Crippen LogP contribution in [-0.4, -0.2) is 77.2 Å². The van der Waals surface area contributed by atoms with Gasteiger partial charge in [0, 0.05) is 69.7 Å².